The summed E-state index contributed by atoms with van der Waals surface area (Å²) in [4.78, 5) is 0. The van der Waals surface area contributed by atoms with Crippen molar-refractivity contribution in [3.05, 3.63) is 0 Å². The molecule has 3 heteroatoms. The Kier molecular flexibility index (Phi) is 2.05. The van der Waals surface area contributed by atoms with Crippen molar-refractivity contribution in [1.82, 2.24) is 0 Å². The Balaban J connectivity index is 2.35. The van der Waals surface area contributed by atoms with Crippen molar-refractivity contribution in [3.8, 4) is 0 Å². The van der Waals surface area contributed by atoms with E-state index in [4.69, 9.17) is 15.9 Å². The van der Waals surface area contributed by atoms with E-state index in [-0.39, 0.29) is 6.04 Å². The lowest BCUT2D eigenvalue weighted by molar-refractivity contribution is -0.0140. The molecule has 0 saturated heterocycles. The molecular weight excluding hydrogens is 118 g/mol. The zero-order valence-corrected chi connectivity index (χ0v) is 5.33. The van der Waals surface area contributed by atoms with Crippen LogP contribution in [0.5, 0.6) is 0 Å². The van der Waals surface area contributed by atoms with Crippen molar-refractivity contribution < 1.29 is 10.2 Å². The molecule has 1 aliphatic carbocycles. The lowest BCUT2D eigenvalue weighted by atomic mass is 9.91. The van der Waals surface area contributed by atoms with E-state index in [9.17, 15) is 0 Å². The Morgan fingerprint density at radius 1 is 1.11 bits per heavy atom. The fourth-order valence-electron chi connectivity index (χ4n) is 1.16. The maximum atomic E-state index is 9.02. The predicted octanol–water partition coefficient (Wildman–Crippen LogP) is -0.781. The van der Waals surface area contributed by atoms with Crippen LogP contribution in [0.2, 0.25) is 0 Å². The molecule has 2 unspecified atom stereocenters. The summed E-state index contributed by atoms with van der Waals surface area (Å²) >= 11 is 0. The van der Waals surface area contributed by atoms with Gasteiger partial charge in [0.1, 0.15) is 0 Å². The molecule has 4 N–H and O–H groups in total. The molecule has 0 heterocycles. The second-order valence-corrected chi connectivity index (χ2v) is 2.71. The van der Waals surface area contributed by atoms with Crippen LogP contribution in [0.15, 0.2) is 0 Å². The third-order valence-electron chi connectivity index (χ3n) is 1.82. The van der Waals surface area contributed by atoms with E-state index in [0.29, 0.717) is 12.8 Å². The van der Waals surface area contributed by atoms with Crippen molar-refractivity contribution in [2.24, 2.45) is 5.73 Å². The first-order valence-corrected chi connectivity index (χ1v) is 3.32. The molecule has 0 aliphatic heterocycles. The van der Waals surface area contributed by atoms with Gasteiger partial charge < -0.3 is 15.9 Å². The van der Waals surface area contributed by atoms with Gasteiger partial charge >= 0.3 is 0 Å². The molecule has 0 bridgehead atoms. The largest absolute Gasteiger partial charge is 0.390 e. The molecule has 0 aromatic carbocycles. The maximum Gasteiger partial charge on any atom is 0.0813 e. The van der Waals surface area contributed by atoms with Crippen LogP contribution in [0.25, 0.3) is 0 Å². The van der Waals surface area contributed by atoms with E-state index >= 15 is 0 Å². The van der Waals surface area contributed by atoms with Gasteiger partial charge in [-0.2, -0.15) is 0 Å². The van der Waals surface area contributed by atoms with Gasteiger partial charge in [0.2, 0.25) is 0 Å². The number of hydrogen-bond acceptors (Lipinski definition) is 3. The van der Waals surface area contributed by atoms with Crippen LogP contribution in [0.3, 0.4) is 0 Å². The van der Waals surface area contributed by atoms with Crippen LogP contribution in [0, 0.1) is 0 Å². The van der Waals surface area contributed by atoms with Gasteiger partial charge in [-0.25, -0.2) is 0 Å². The lowest BCUT2D eigenvalue weighted by Gasteiger charge is -2.27. The fraction of sp³-hybridized carbons (Fsp3) is 1.00. The molecule has 0 radical (unpaired) electrons. The number of aliphatic hydroxyl groups excluding tert-OH is 2. The highest BCUT2D eigenvalue weighted by Gasteiger charge is 2.24. The minimum atomic E-state index is -0.589. The number of aliphatic hydroxyl groups is 2. The number of rotatable bonds is 0. The SMILES string of the molecule is N[C@H]1CCC(O)C(O)C1. The van der Waals surface area contributed by atoms with E-state index in [1.807, 2.05) is 0 Å². The maximum absolute atomic E-state index is 9.02. The van der Waals surface area contributed by atoms with Crippen molar-refractivity contribution in [3.63, 3.8) is 0 Å². The summed E-state index contributed by atoms with van der Waals surface area (Å²) < 4.78 is 0. The number of hydrogen-bond donors (Lipinski definition) is 3. The lowest BCUT2D eigenvalue weighted by Crippen LogP contribution is -2.39. The van der Waals surface area contributed by atoms with Crippen LogP contribution >= 0.6 is 0 Å². The molecule has 3 nitrogen and oxygen atoms in total. The Morgan fingerprint density at radius 2 is 1.78 bits per heavy atom. The van der Waals surface area contributed by atoms with Crippen molar-refractivity contribution in [2.45, 2.75) is 37.5 Å². The highest BCUT2D eigenvalue weighted by Crippen LogP contribution is 2.16. The molecule has 0 amide bonds. The van der Waals surface area contributed by atoms with E-state index < -0.39 is 12.2 Å². The first-order valence-electron chi connectivity index (χ1n) is 3.32. The molecule has 9 heavy (non-hydrogen) atoms. The van der Waals surface area contributed by atoms with E-state index in [1.165, 1.54) is 0 Å². The normalized spacial score (nSPS) is 45.0. The molecule has 1 rings (SSSR count). The second kappa shape index (κ2) is 2.64. The summed E-state index contributed by atoms with van der Waals surface area (Å²) in [6.45, 7) is 0. The Labute approximate surface area is 54.5 Å². The van der Waals surface area contributed by atoms with Crippen LogP contribution in [-0.2, 0) is 0 Å². The molecule has 1 saturated carbocycles. The Bertz CT molecular complexity index is 97.1. The monoisotopic (exact) mass is 131 g/mol. The van der Waals surface area contributed by atoms with Crippen LogP contribution in [0.4, 0.5) is 0 Å². The first kappa shape index (κ1) is 6.99. The quantitative estimate of drug-likeness (QED) is 0.404. The Hall–Kier alpha value is -0.120. The summed E-state index contributed by atoms with van der Waals surface area (Å²) in [5.74, 6) is 0. The van der Waals surface area contributed by atoms with Crippen LogP contribution < -0.4 is 5.73 Å². The van der Waals surface area contributed by atoms with Crippen LogP contribution in [-0.4, -0.2) is 28.5 Å². The molecule has 0 aromatic heterocycles. The zero-order valence-electron chi connectivity index (χ0n) is 5.33. The predicted molar refractivity (Wildman–Crippen MR) is 33.8 cm³/mol. The molecular formula is C6H13NO2. The van der Waals surface area contributed by atoms with Gasteiger partial charge in [0, 0.05) is 6.04 Å². The summed E-state index contributed by atoms with van der Waals surface area (Å²) in [6, 6.07) is 0.0865. The Morgan fingerprint density at radius 3 is 2.22 bits per heavy atom. The first-order chi connectivity index (χ1) is 4.20. The third-order valence-corrected chi connectivity index (χ3v) is 1.82. The van der Waals surface area contributed by atoms with E-state index in [0.717, 1.165) is 6.42 Å². The van der Waals surface area contributed by atoms with E-state index in [2.05, 4.69) is 0 Å². The summed E-state index contributed by atoms with van der Waals surface area (Å²) in [7, 11) is 0. The average molecular weight is 131 g/mol. The minimum Gasteiger partial charge on any atom is -0.390 e. The fourth-order valence-corrected chi connectivity index (χ4v) is 1.16. The van der Waals surface area contributed by atoms with Crippen molar-refractivity contribution in [2.75, 3.05) is 0 Å². The molecule has 1 fully saturated rings. The van der Waals surface area contributed by atoms with Gasteiger partial charge in [0.05, 0.1) is 12.2 Å². The summed E-state index contributed by atoms with van der Waals surface area (Å²) in [6.07, 6.45) is 0.889. The highest BCUT2D eigenvalue weighted by atomic mass is 16.3. The van der Waals surface area contributed by atoms with Gasteiger partial charge in [-0.3, -0.25) is 0 Å². The highest BCUT2D eigenvalue weighted by molar-refractivity contribution is 4.80. The molecule has 1 aliphatic rings. The van der Waals surface area contributed by atoms with Gasteiger partial charge in [-0.05, 0) is 19.3 Å². The zero-order chi connectivity index (χ0) is 6.85. The molecule has 0 spiro atoms. The summed E-state index contributed by atoms with van der Waals surface area (Å²) in [5, 5.41) is 18.0. The van der Waals surface area contributed by atoms with Crippen molar-refractivity contribution >= 4 is 0 Å². The second-order valence-electron chi connectivity index (χ2n) is 2.71. The molecule has 3 atom stereocenters. The summed E-state index contributed by atoms with van der Waals surface area (Å²) in [5.41, 5.74) is 5.52. The van der Waals surface area contributed by atoms with Gasteiger partial charge in [-0.15, -0.1) is 0 Å². The molecule has 0 aromatic rings. The minimum absolute atomic E-state index is 0.0865. The smallest absolute Gasteiger partial charge is 0.0813 e. The average Bonchev–Trinajstić information content (AvgIpc) is 1.80. The topological polar surface area (TPSA) is 66.5 Å². The van der Waals surface area contributed by atoms with Crippen LogP contribution in [0.1, 0.15) is 19.3 Å². The van der Waals surface area contributed by atoms with Gasteiger partial charge in [-0.1, -0.05) is 0 Å². The molecule has 54 valence electrons. The van der Waals surface area contributed by atoms with Gasteiger partial charge in [0.15, 0.2) is 0 Å². The standard InChI is InChI=1S/C6H13NO2/c7-4-1-2-5(8)6(9)3-4/h4-6,8-9H,1-3,7H2/t4-,5?,6?/m0/s1. The van der Waals surface area contributed by atoms with Crippen molar-refractivity contribution in [1.29, 1.82) is 0 Å². The number of nitrogens with two attached hydrogens (primary N) is 1. The van der Waals surface area contributed by atoms with E-state index in [1.54, 1.807) is 0 Å². The third kappa shape index (κ3) is 1.64. The van der Waals surface area contributed by atoms with Gasteiger partial charge in [0.25, 0.3) is 0 Å².